The number of hydrogen-bond acceptors (Lipinski definition) is 3. The van der Waals surface area contributed by atoms with Crippen molar-refractivity contribution >= 4 is 11.6 Å². The molecule has 0 radical (unpaired) electrons. The van der Waals surface area contributed by atoms with E-state index in [9.17, 15) is 4.79 Å². The largest absolute Gasteiger partial charge is 0.495 e. The van der Waals surface area contributed by atoms with Crippen molar-refractivity contribution < 1.29 is 9.53 Å². The zero-order chi connectivity index (χ0) is 12.1. The summed E-state index contributed by atoms with van der Waals surface area (Å²) in [6.45, 7) is 4.09. The third-order valence-corrected chi connectivity index (χ3v) is 2.23. The molecule has 1 aromatic rings. The summed E-state index contributed by atoms with van der Waals surface area (Å²) in [5, 5.41) is 0. The minimum Gasteiger partial charge on any atom is -0.495 e. The van der Waals surface area contributed by atoms with Crippen LogP contribution in [0.3, 0.4) is 0 Å². The van der Waals surface area contributed by atoms with Crippen molar-refractivity contribution in [1.29, 1.82) is 0 Å². The van der Waals surface area contributed by atoms with Gasteiger partial charge in [-0.1, -0.05) is 6.08 Å². The third kappa shape index (κ3) is 2.53. The molecule has 0 saturated heterocycles. The second kappa shape index (κ2) is 5.21. The maximum absolute atomic E-state index is 11.9. The van der Waals surface area contributed by atoms with E-state index in [4.69, 9.17) is 10.5 Å². The van der Waals surface area contributed by atoms with E-state index in [2.05, 4.69) is 6.58 Å². The number of anilines is 1. The fourth-order valence-corrected chi connectivity index (χ4v) is 1.36. The topological polar surface area (TPSA) is 55.6 Å². The SMILES string of the molecule is C=CCN(C)C(=O)c1ccc(OC)c(N)c1. The molecule has 2 N–H and O–H groups in total. The Morgan fingerprint density at radius 2 is 2.31 bits per heavy atom. The van der Waals surface area contributed by atoms with Crippen LogP contribution in [0.1, 0.15) is 10.4 Å². The number of nitrogens with zero attached hydrogens (tertiary/aromatic N) is 1. The van der Waals surface area contributed by atoms with Crippen LogP contribution in [0.25, 0.3) is 0 Å². The quantitative estimate of drug-likeness (QED) is 0.618. The van der Waals surface area contributed by atoms with Crippen LogP contribution >= 0.6 is 0 Å². The van der Waals surface area contributed by atoms with Crippen LogP contribution in [0.2, 0.25) is 0 Å². The second-order valence-corrected chi connectivity index (χ2v) is 3.43. The molecule has 0 aliphatic rings. The fraction of sp³-hybridized carbons (Fsp3) is 0.250. The Bertz CT molecular complexity index is 402. The number of nitrogens with two attached hydrogens (primary N) is 1. The number of methoxy groups -OCH3 is 1. The highest BCUT2D eigenvalue weighted by atomic mass is 16.5. The molecule has 4 heteroatoms. The van der Waals surface area contributed by atoms with Gasteiger partial charge in [0, 0.05) is 19.2 Å². The number of carbonyl (C=O) groups excluding carboxylic acids is 1. The minimum absolute atomic E-state index is 0.0887. The molecular weight excluding hydrogens is 204 g/mol. The molecule has 0 unspecified atom stereocenters. The molecular formula is C12H16N2O2. The van der Waals surface area contributed by atoms with E-state index in [1.165, 1.54) is 7.11 Å². The maximum atomic E-state index is 11.9. The van der Waals surface area contributed by atoms with Crippen molar-refractivity contribution in [3.05, 3.63) is 36.4 Å². The number of benzene rings is 1. The van der Waals surface area contributed by atoms with Gasteiger partial charge in [0.1, 0.15) is 5.75 Å². The normalized spacial score (nSPS) is 9.62. The summed E-state index contributed by atoms with van der Waals surface area (Å²) in [7, 11) is 3.25. The lowest BCUT2D eigenvalue weighted by molar-refractivity contribution is 0.0810. The van der Waals surface area contributed by atoms with Gasteiger partial charge in [0.05, 0.1) is 12.8 Å². The molecule has 0 aliphatic heterocycles. The zero-order valence-corrected chi connectivity index (χ0v) is 9.56. The van der Waals surface area contributed by atoms with Crippen molar-refractivity contribution in [1.82, 2.24) is 4.90 Å². The van der Waals surface area contributed by atoms with Crippen LogP contribution < -0.4 is 10.5 Å². The van der Waals surface area contributed by atoms with Gasteiger partial charge in [0.15, 0.2) is 0 Å². The van der Waals surface area contributed by atoms with Crippen LogP contribution in [0.4, 0.5) is 5.69 Å². The van der Waals surface area contributed by atoms with E-state index in [0.717, 1.165) is 0 Å². The van der Waals surface area contributed by atoms with Gasteiger partial charge in [-0.3, -0.25) is 4.79 Å². The Morgan fingerprint density at radius 3 is 2.81 bits per heavy atom. The minimum atomic E-state index is -0.0887. The highest BCUT2D eigenvalue weighted by molar-refractivity contribution is 5.95. The van der Waals surface area contributed by atoms with Crippen LogP contribution in [0, 0.1) is 0 Å². The molecule has 0 spiro atoms. The van der Waals surface area contributed by atoms with Crippen molar-refractivity contribution in [3.63, 3.8) is 0 Å². The Balaban J connectivity index is 2.92. The van der Waals surface area contributed by atoms with Gasteiger partial charge < -0.3 is 15.4 Å². The molecule has 4 nitrogen and oxygen atoms in total. The van der Waals surface area contributed by atoms with E-state index >= 15 is 0 Å². The summed E-state index contributed by atoms with van der Waals surface area (Å²) in [4.78, 5) is 13.4. The highest BCUT2D eigenvalue weighted by Crippen LogP contribution is 2.22. The van der Waals surface area contributed by atoms with Gasteiger partial charge in [0.25, 0.3) is 5.91 Å². The van der Waals surface area contributed by atoms with Crippen LogP contribution in [0.5, 0.6) is 5.75 Å². The lowest BCUT2D eigenvalue weighted by Crippen LogP contribution is -2.26. The van der Waals surface area contributed by atoms with E-state index < -0.39 is 0 Å². The van der Waals surface area contributed by atoms with Gasteiger partial charge in [-0.2, -0.15) is 0 Å². The van der Waals surface area contributed by atoms with Gasteiger partial charge in [-0.15, -0.1) is 6.58 Å². The van der Waals surface area contributed by atoms with E-state index in [0.29, 0.717) is 23.5 Å². The number of carbonyl (C=O) groups is 1. The van der Waals surface area contributed by atoms with Crippen LogP contribution in [-0.4, -0.2) is 31.5 Å². The summed E-state index contributed by atoms with van der Waals surface area (Å²) in [5.41, 5.74) is 6.73. The summed E-state index contributed by atoms with van der Waals surface area (Å²) in [5.74, 6) is 0.483. The highest BCUT2D eigenvalue weighted by Gasteiger charge is 2.11. The first-order valence-corrected chi connectivity index (χ1v) is 4.90. The summed E-state index contributed by atoms with van der Waals surface area (Å²) in [6.07, 6.45) is 1.67. The Morgan fingerprint density at radius 1 is 1.62 bits per heavy atom. The number of likely N-dealkylation sites (N-methyl/N-ethyl adjacent to an activating group) is 1. The molecule has 0 heterocycles. The van der Waals surface area contributed by atoms with E-state index in [-0.39, 0.29) is 5.91 Å². The molecule has 0 aromatic heterocycles. The molecule has 86 valence electrons. The monoisotopic (exact) mass is 220 g/mol. The number of ether oxygens (including phenoxy) is 1. The smallest absolute Gasteiger partial charge is 0.253 e. The summed E-state index contributed by atoms with van der Waals surface area (Å²) < 4.78 is 5.02. The van der Waals surface area contributed by atoms with E-state index in [1.807, 2.05) is 0 Å². The molecule has 1 amide bonds. The molecule has 0 bridgehead atoms. The number of amides is 1. The lowest BCUT2D eigenvalue weighted by Gasteiger charge is -2.15. The molecule has 1 rings (SSSR count). The molecule has 0 atom stereocenters. The number of rotatable bonds is 4. The molecule has 16 heavy (non-hydrogen) atoms. The predicted octanol–water partition coefficient (Wildman–Crippen LogP) is 1.54. The first kappa shape index (κ1) is 12.1. The zero-order valence-electron chi connectivity index (χ0n) is 9.56. The average Bonchev–Trinajstić information content (AvgIpc) is 2.28. The average molecular weight is 220 g/mol. The Labute approximate surface area is 95.3 Å². The van der Waals surface area contributed by atoms with Crippen LogP contribution in [0.15, 0.2) is 30.9 Å². The molecule has 0 aliphatic carbocycles. The standard InChI is InChI=1S/C12H16N2O2/c1-4-7-14(2)12(15)9-5-6-11(16-3)10(13)8-9/h4-6,8H,1,7,13H2,2-3H3. The summed E-state index contributed by atoms with van der Waals surface area (Å²) in [6, 6.07) is 4.99. The van der Waals surface area contributed by atoms with Crippen molar-refractivity contribution in [3.8, 4) is 5.75 Å². The molecule has 0 fully saturated rings. The van der Waals surface area contributed by atoms with Gasteiger partial charge in [0.2, 0.25) is 0 Å². The second-order valence-electron chi connectivity index (χ2n) is 3.43. The van der Waals surface area contributed by atoms with Crippen molar-refractivity contribution in [2.45, 2.75) is 0 Å². The Kier molecular flexibility index (Phi) is 3.94. The first-order chi connectivity index (χ1) is 7.60. The molecule has 0 saturated carbocycles. The van der Waals surface area contributed by atoms with Crippen molar-refractivity contribution in [2.75, 3.05) is 26.4 Å². The van der Waals surface area contributed by atoms with Gasteiger partial charge >= 0.3 is 0 Å². The third-order valence-electron chi connectivity index (χ3n) is 2.23. The summed E-state index contributed by atoms with van der Waals surface area (Å²) >= 11 is 0. The van der Waals surface area contributed by atoms with Gasteiger partial charge in [-0.05, 0) is 18.2 Å². The fourth-order valence-electron chi connectivity index (χ4n) is 1.36. The molecule has 1 aromatic carbocycles. The number of hydrogen-bond donors (Lipinski definition) is 1. The maximum Gasteiger partial charge on any atom is 0.253 e. The van der Waals surface area contributed by atoms with Crippen molar-refractivity contribution in [2.24, 2.45) is 0 Å². The first-order valence-electron chi connectivity index (χ1n) is 4.90. The predicted molar refractivity (Wildman–Crippen MR) is 64.6 cm³/mol. The van der Waals surface area contributed by atoms with Gasteiger partial charge in [-0.25, -0.2) is 0 Å². The van der Waals surface area contributed by atoms with E-state index in [1.54, 1.807) is 36.2 Å². The Hall–Kier alpha value is -1.97. The number of nitrogen functional groups attached to an aromatic ring is 1. The lowest BCUT2D eigenvalue weighted by atomic mass is 10.1. The van der Waals surface area contributed by atoms with Crippen LogP contribution in [-0.2, 0) is 0 Å².